The molecule has 0 radical (unpaired) electrons. The van der Waals surface area contributed by atoms with Crippen LogP contribution in [0.4, 0.5) is 11.6 Å². The molecule has 0 bridgehead atoms. The normalized spacial score (nSPS) is 13.8. The van der Waals surface area contributed by atoms with Crippen LogP contribution in [0.25, 0.3) is 0 Å². The highest BCUT2D eigenvalue weighted by atomic mass is 35.5. The smallest absolute Gasteiger partial charge is 0.258 e. The average Bonchev–Trinajstić information content (AvgIpc) is 2.66. The van der Waals surface area contributed by atoms with Gasteiger partial charge in [-0.25, -0.2) is 9.97 Å². The van der Waals surface area contributed by atoms with Gasteiger partial charge in [-0.15, -0.1) is 0 Å². The number of anilines is 2. The number of aromatic nitrogens is 2. The Kier molecular flexibility index (Phi) is 6.47. The first-order valence-electron chi connectivity index (χ1n) is 8.62. The largest absolute Gasteiger partial charge is 0.354 e. The van der Waals surface area contributed by atoms with Crippen molar-refractivity contribution in [2.45, 2.75) is 32.1 Å². The van der Waals surface area contributed by atoms with Gasteiger partial charge in [0.2, 0.25) is 5.95 Å². The molecule has 3 rings (SSSR count). The van der Waals surface area contributed by atoms with Gasteiger partial charge in [-0.3, -0.25) is 4.79 Å². The van der Waals surface area contributed by atoms with Crippen LogP contribution >= 0.6 is 23.2 Å². The van der Waals surface area contributed by atoms with E-state index in [0.29, 0.717) is 27.2 Å². The third-order valence-electron chi connectivity index (χ3n) is 4.23. The lowest BCUT2D eigenvalue weighted by Crippen LogP contribution is -2.14. The predicted molar refractivity (Wildman–Crippen MR) is 106 cm³/mol. The monoisotopic (exact) mass is 390 g/mol. The summed E-state index contributed by atoms with van der Waals surface area (Å²) in [6, 6.07) is 5.04. The number of amides is 1. The zero-order valence-corrected chi connectivity index (χ0v) is 15.8. The van der Waals surface area contributed by atoms with Crippen LogP contribution in [0.15, 0.2) is 42.2 Å². The number of carbonyl (C=O) groups excluding carboxylic acids is 1. The maximum atomic E-state index is 12.3. The molecule has 0 aliphatic heterocycles. The van der Waals surface area contributed by atoms with Gasteiger partial charge in [0.1, 0.15) is 0 Å². The van der Waals surface area contributed by atoms with Crippen LogP contribution in [-0.4, -0.2) is 22.4 Å². The Balaban J connectivity index is 1.55. The second kappa shape index (κ2) is 9.01. The molecular formula is C19H20Cl2N4O. The Labute approximate surface area is 162 Å². The highest BCUT2D eigenvalue weighted by Gasteiger charge is 2.12. The van der Waals surface area contributed by atoms with E-state index in [4.69, 9.17) is 23.2 Å². The van der Waals surface area contributed by atoms with E-state index in [-0.39, 0.29) is 5.91 Å². The van der Waals surface area contributed by atoms with E-state index in [0.717, 1.165) is 13.0 Å². The summed E-state index contributed by atoms with van der Waals surface area (Å²) in [7, 11) is 0. The standard InChI is InChI=1S/C19H20Cl2N4O/c20-15-7-4-8-16(21)17(15)25-18(26)14-11-23-19(24-12-14)22-10-9-13-5-2-1-3-6-13/h4-5,7-8,11-12H,1-3,6,9-10H2,(H,25,26)(H,22,23,24). The van der Waals surface area contributed by atoms with Crippen LogP contribution in [0.2, 0.25) is 10.0 Å². The van der Waals surface area contributed by atoms with Crippen LogP contribution in [0.5, 0.6) is 0 Å². The minimum atomic E-state index is -0.362. The first kappa shape index (κ1) is 18.7. The molecule has 5 nitrogen and oxygen atoms in total. The predicted octanol–water partition coefficient (Wildman–Crippen LogP) is 5.34. The van der Waals surface area contributed by atoms with Gasteiger partial charge in [0.15, 0.2) is 0 Å². The molecule has 7 heteroatoms. The second-order valence-corrected chi connectivity index (χ2v) is 6.95. The van der Waals surface area contributed by atoms with Gasteiger partial charge in [0, 0.05) is 18.9 Å². The van der Waals surface area contributed by atoms with Crippen molar-refractivity contribution >= 4 is 40.7 Å². The number of rotatable bonds is 6. The molecule has 1 heterocycles. The van der Waals surface area contributed by atoms with E-state index in [1.807, 2.05) is 0 Å². The molecule has 0 unspecified atom stereocenters. The Bertz CT molecular complexity index is 785. The fraction of sp³-hybridized carbons (Fsp3) is 0.316. The second-order valence-electron chi connectivity index (χ2n) is 6.13. The van der Waals surface area contributed by atoms with Crippen molar-refractivity contribution in [3.63, 3.8) is 0 Å². The summed E-state index contributed by atoms with van der Waals surface area (Å²) in [6.07, 6.45) is 11.2. The van der Waals surface area contributed by atoms with Crippen LogP contribution in [-0.2, 0) is 0 Å². The molecule has 1 amide bonds. The Morgan fingerprint density at radius 1 is 1.12 bits per heavy atom. The molecule has 136 valence electrons. The van der Waals surface area contributed by atoms with Crippen molar-refractivity contribution in [2.24, 2.45) is 0 Å². The number of para-hydroxylation sites is 1. The number of hydrogen-bond acceptors (Lipinski definition) is 4. The molecule has 0 saturated carbocycles. The van der Waals surface area contributed by atoms with E-state index in [2.05, 4.69) is 26.7 Å². The summed E-state index contributed by atoms with van der Waals surface area (Å²) in [5.41, 5.74) is 2.21. The van der Waals surface area contributed by atoms with Crippen molar-refractivity contribution in [1.29, 1.82) is 0 Å². The van der Waals surface area contributed by atoms with Gasteiger partial charge in [0.25, 0.3) is 5.91 Å². The molecule has 1 aliphatic rings. The summed E-state index contributed by atoms with van der Waals surface area (Å²) in [5, 5.41) is 6.63. The van der Waals surface area contributed by atoms with Crippen molar-refractivity contribution < 1.29 is 4.79 Å². The molecule has 1 aromatic heterocycles. The van der Waals surface area contributed by atoms with E-state index in [1.165, 1.54) is 43.7 Å². The number of benzene rings is 1. The van der Waals surface area contributed by atoms with E-state index >= 15 is 0 Å². The molecule has 0 saturated heterocycles. The van der Waals surface area contributed by atoms with E-state index in [9.17, 15) is 4.79 Å². The zero-order valence-electron chi connectivity index (χ0n) is 14.3. The maximum absolute atomic E-state index is 12.3. The molecule has 0 spiro atoms. The quantitative estimate of drug-likeness (QED) is 0.653. The molecular weight excluding hydrogens is 371 g/mol. The van der Waals surface area contributed by atoms with Crippen molar-refractivity contribution in [1.82, 2.24) is 9.97 Å². The Morgan fingerprint density at radius 3 is 2.50 bits per heavy atom. The molecule has 1 aliphatic carbocycles. The van der Waals surface area contributed by atoms with Gasteiger partial charge < -0.3 is 10.6 Å². The number of carbonyl (C=O) groups is 1. The lowest BCUT2D eigenvalue weighted by molar-refractivity contribution is 0.102. The third-order valence-corrected chi connectivity index (χ3v) is 4.86. The summed E-state index contributed by atoms with van der Waals surface area (Å²) in [4.78, 5) is 20.7. The van der Waals surface area contributed by atoms with Crippen molar-refractivity contribution in [2.75, 3.05) is 17.2 Å². The van der Waals surface area contributed by atoms with E-state index < -0.39 is 0 Å². The minimum Gasteiger partial charge on any atom is -0.354 e. The van der Waals surface area contributed by atoms with Crippen LogP contribution in [0.3, 0.4) is 0 Å². The highest BCUT2D eigenvalue weighted by molar-refractivity contribution is 6.40. The third kappa shape index (κ3) is 4.96. The van der Waals surface area contributed by atoms with Crippen LogP contribution in [0.1, 0.15) is 42.5 Å². The number of hydrogen-bond donors (Lipinski definition) is 2. The molecule has 1 aromatic carbocycles. The SMILES string of the molecule is O=C(Nc1c(Cl)cccc1Cl)c1cnc(NCCC2=CCCCC2)nc1. The Hall–Kier alpha value is -2.11. The average molecular weight is 391 g/mol. The molecule has 0 atom stereocenters. The fourth-order valence-electron chi connectivity index (χ4n) is 2.81. The van der Waals surface area contributed by atoms with Crippen molar-refractivity contribution in [3.05, 3.63) is 57.9 Å². The lowest BCUT2D eigenvalue weighted by atomic mass is 9.97. The lowest BCUT2D eigenvalue weighted by Gasteiger charge is -2.13. The minimum absolute atomic E-state index is 0.335. The molecule has 26 heavy (non-hydrogen) atoms. The summed E-state index contributed by atoms with van der Waals surface area (Å²) in [5.74, 6) is 0.146. The summed E-state index contributed by atoms with van der Waals surface area (Å²) in [6.45, 7) is 0.784. The topological polar surface area (TPSA) is 66.9 Å². The number of allylic oxidation sites excluding steroid dienone is 1. The highest BCUT2D eigenvalue weighted by Crippen LogP contribution is 2.30. The van der Waals surface area contributed by atoms with Crippen LogP contribution < -0.4 is 10.6 Å². The van der Waals surface area contributed by atoms with Gasteiger partial charge in [0.05, 0.1) is 21.3 Å². The van der Waals surface area contributed by atoms with Gasteiger partial charge in [-0.05, 0) is 44.2 Å². The van der Waals surface area contributed by atoms with Gasteiger partial charge in [-0.1, -0.05) is 40.9 Å². The fourth-order valence-corrected chi connectivity index (χ4v) is 3.30. The molecule has 2 aromatic rings. The maximum Gasteiger partial charge on any atom is 0.258 e. The van der Waals surface area contributed by atoms with Crippen molar-refractivity contribution in [3.8, 4) is 0 Å². The Morgan fingerprint density at radius 2 is 1.85 bits per heavy atom. The molecule has 0 fully saturated rings. The first-order chi connectivity index (χ1) is 12.6. The number of halogens is 2. The zero-order chi connectivity index (χ0) is 18.4. The van der Waals surface area contributed by atoms with Crippen LogP contribution in [0, 0.1) is 0 Å². The molecule has 2 N–H and O–H groups in total. The van der Waals surface area contributed by atoms with Gasteiger partial charge in [-0.2, -0.15) is 0 Å². The van der Waals surface area contributed by atoms with Gasteiger partial charge >= 0.3 is 0 Å². The van der Waals surface area contributed by atoms with E-state index in [1.54, 1.807) is 18.2 Å². The number of nitrogens with zero attached hydrogens (tertiary/aromatic N) is 2. The summed E-state index contributed by atoms with van der Waals surface area (Å²) >= 11 is 12.1. The summed E-state index contributed by atoms with van der Waals surface area (Å²) < 4.78 is 0. The first-order valence-corrected chi connectivity index (χ1v) is 9.38. The number of nitrogens with one attached hydrogen (secondary N) is 2.